The fourth-order valence-electron chi connectivity index (χ4n) is 5.19. The Kier molecular flexibility index (Phi) is 4.96. The van der Waals surface area contributed by atoms with E-state index in [1.165, 1.54) is 6.42 Å². The number of rotatable bonds is 4. The molecule has 3 aromatic heterocycles. The zero-order valence-corrected chi connectivity index (χ0v) is 19.1. The highest BCUT2D eigenvalue weighted by molar-refractivity contribution is 7.17. The highest BCUT2D eigenvalue weighted by Gasteiger charge is 2.49. The SMILES string of the molecule is C[C@@H]1[C@H](C)CCC[C@@H]1NC(=O)[C@]1(C)Cn2c(cc3sccc32)C(=O)N1Cc1ccco1. The van der Waals surface area contributed by atoms with Crippen LogP contribution in [0.2, 0.25) is 0 Å². The Morgan fingerprint density at radius 2 is 2.16 bits per heavy atom. The molecule has 164 valence electrons. The van der Waals surface area contributed by atoms with Crippen molar-refractivity contribution in [3.8, 4) is 0 Å². The van der Waals surface area contributed by atoms with Crippen molar-refractivity contribution in [1.82, 2.24) is 14.8 Å². The van der Waals surface area contributed by atoms with Gasteiger partial charge in [-0.15, -0.1) is 11.3 Å². The predicted molar refractivity (Wildman–Crippen MR) is 121 cm³/mol. The van der Waals surface area contributed by atoms with E-state index in [0.717, 1.165) is 23.1 Å². The summed E-state index contributed by atoms with van der Waals surface area (Å²) in [7, 11) is 0. The average Bonchev–Trinajstić information content (AvgIpc) is 3.47. The Labute approximate surface area is 186 Å². The number of hydrogen-bond acceptors (Lipinski definition) is 4. The molecule has 1 fully saturated rings. The molecule has 3 aromatic rings. The molecule has 0 aromatic carbocycles. The van der Waals surface area contributed by atoms with E-state index >= 15 is 0 Å². The van der Waals surface area contributed by atoms with Gasteiger partial charge in [0, 0.05) is 6.04 Å². The number of amides is 2. The summed E-state index contributed by atoms with van der Waals surface area (Å²) in [6.07, 6.45) is 4.92. The quantitative estimate of drug-likeness (QED) is 0.643. The molecule has 6 nitrogen and oxygen atoms in total. The second-order valence-electron chi connectivity index (χ2n) is 9.38. The van der Waals surface area contributed by atoms with Gasteiger partial charge in [0.15, 0.2) is 0 Å². The van der Waals surface area contributed by atoms with Gasteiger partial charge in [-0.05, 0) is 54.8 Å². The van der Waals surface area contributed by atoms with E-state index in [0.29, 0.717) is 29.8 Å². The summed E-state index contributed by atoms with van der Waals surface area (Å²) < 4.78 is 8.62. The monoisotopic (exact) mass is 439 g/mol. The Hall–Kier alpha value is -2.54. The van der Waals surface area contributed by atoms with Crippen LogP contribution in [-0.4, -0.2) is 32.9 Å². The van der Waals surface area contributed by atoms with Gasteiger partial charge in [0.1, 0.15) is 17.0 Å². The van der Waals surface area contributed by atoms with Gasteiger partial charge in [-0.2, -0.15) is 0 Å². The molecule has 31 heavy (non-hydrogen) atoms. The number of furan rings is 1. The molecule has 2 aliphatic rings. The Balaban J connectivity index is 1.52. The second kappa shape index (κ2) is 7.55. The first-order valence-electron chi connectivity index (χ1n) is 11.1. The summed E-state index contributed by atoms with van der Waals surface area (Å²) in [5.41, 5.74) is 0.647. The van der Waals surface area contributed by atoms with Crippen LogP contribution in [-0.2, 0) is 17.9 Å². The Bertz CT molecular complexity index is 1110. The minimum absolute atomic E-state index is 0.0823. The van der Waals surface area contributed by atoms with E-state index in [1.54, 1.807) is 22.5 Å². The van der Waals surface area contributed by atoms with E-state index in [-0.39, 0.29) is 24.4 Å². The van der Waals surface area contributed by atoms with Crippen molar-refractivity contribution in [2.45, 2.75) is 64.7 Å². The maximum atomic E-state index is 13.8. The zero-order chi connectivity index (χ0) is 21.8. The zero-order valence-electron chi connectivity index (χ0n) is 18.3. The third-order valence-electron chi connectivity index (χ3n) is 7.46. The van der Waals surface area contributed by atoms with Gasteiger partial charge in [0.25, 0.3) is 5.91 Å². The van der Waals surface area contributed by atoms with Crippen LogP contribution in [0, 0.1) is 11.8 Å². The molecule has 7 heteroatoms. The summed E-state index contributed by atoms with van der Waals surface area (Å²) >= 11 is 1.62. The first kappa shape index (κ1) is 20.4. The van der Waals surface area contributed by atoms with Crippen LogP contribution in [0.25, 0.3) is 10.2 Å². The van der Waals surface area contributed by atoms with Crippen LogP contribution in [0.1, 0.15) is 56.3 Å². The molecule has 1 saturated carbocycles. The lowest BCUT2D eigenvalue weighted by molar-refractivity contribution is -0.134. The van der Waals surface area contributed by atoms with Crippen LogP contribution in [0.15, 0.2) is 40.3 Å². The van der Waals surface area contributed by atoms with Gasteiger partial charge in [-0.3, -0.25) is 9.59 Å². The number of hydrogen-bond donors (Lipinski definition) is 1. The van der Waals surface area contributed by atoms with Gasteiger partial charge < -0.3 is 19.2 Å². The third-order valence-corrected chi connectivity index (χ3v) is 8.31. The van der Waals surface area contributed by atoms with Gasteiger partial charge in [0.05, 0.1) is 29.6 Å². The van der Waals surface area contributed by atoms with Gasteiger partial charge >= 0.3 is 0 Å². The normalized spacial score (nSPS) is 28.7. The number of nitrogens with one attached hydrogen (secondary N) is 1. The molecule has 0 unspecified atom stereocenters. The van der Waals surface area contributed by atoms with Crippen LogP contribution >= 0.6 is 11.3 Å². The molecule has 4 heterocycles. The summed E-state index contributed by atoms with van der Waals surface area (Å²) in [5, 5.41) is 5.36. The molecule has 1 aliphatic heterocycles. The molecule has 2 amide bonds. The topological polar surface area (TPSA) is 67.5 Å². The van der Waals surface area contributed by atoms with Crippen molar-refractivity contribution >= 4 is 33.4 Å². The molecule has 0 bridgehead atoms. The second-order valence-corrected chi connectivity index (χ2v) is 10.3. The van der Waals surface area contributed by atoms with Gasteiger partial charge in [-0.25, -0.2) is 0 Å². The maximum Gasteiger partial charge on any atom is 0.271 e. The van der Waals surface area contributed by atoms with E-state index < -0.39 is 5.54 Å². The first-order valence-corrected chi connectivity index (χ1v) is 12.0. The van der Waals surface area contributed by atoms with Crippen molar-refractivity contribution in [2.75, 3.05) is 0 Å². The molecule has 0 saturated heterocycles. The fraction of sp³-hybridized carbons (Fsp3) is 0.500. The van der Waals surface area contributed by atoms with Crippen LogP contribution in [0.5, 0.6) is 0 Å². The standard InChI is InChI=1S/C24H29N3O3S/c1-15-6-4-8-18(16(15)2)25-23(29)24(3)14-26-19-9-11-31-21(19)12-20(26)22(28)27(24)13-17-7-5-10-30-17/h5,7,9-12,15-16,18H,4,6,8,13-14H2,1-3H3,(H,25,29)/t15-,16-,18+,24+/m1/s1. The third kappa shape index (κ3) is 3.30. The summed E-state index contributed by atoms with van der Waals surface area (Å²) in [6, 6.07) is 7.77. The lowest BCUT2D eigenvalue weighted by atomic mass is 9.77. The van der Waals surface area contributed by atoms with Crippen LogP contribution in [0.3, 0.4) is 0 Å². The molecule has 0 spiro atoms. The van der Waals surface area contributed by atoms with Gasteiger partial charge in [0.2, 0.25) is 5.91 Å². The molecular weight excluding hydrogens is 410 g/mol. The predicted octanol–water partition coefficient (Wildman–Crippen LogP) is 4.65. The number of nitrogens with zero attached hydrogens (tertiary/aromatic N) is 2. The molecule has 0 radical (unpaired) electrons. The molecule has 1 N–H and O–H groups in total. The Morgan fingerprint density at radius 3 is 2.94 bits per heavy atom. The number of carbonyl (C=O) groups is 2. The van der Waals surface area contributed by atoms with E-state index in [1.807, 2.05) is 41.1 Å². The van der Waals surface area contributed by atoms with Crippen molar-refractivity contribution < 1.29 is 14.0 Å². The van der Waals surface area contributed by atoms with Crippen molar-refractivity contribution in [3.05, 3.63) is 47.4 Å². The molecular formula is C24H29N3O3S. The largest absolute Gasteiger partial charge is 0.467 e. The number of carbonyl (C=O) groups excluding carboxylic acids is 2. The summed E-state index contributed by atoms with van der Waals surface area (Å²) in [4.78, 5) is 29.1. The first-order chi connectivity index (χ1) is 14.9. The van der Waals surface area contributed by atoms with Crippen molar-refractivity contribution in [2.24, 2.45) is 11.8 Å². The number of thiophene rings is 1. The highest BCUT2D eigenvalue weighted by atomic mass is 32.1. The van der Waals surface area contributed by atoms with E-state index in [4.69, 9.17) is 4.42 Å². The highest BCUT2D eigenvalue weighted by Crippen LogP contribution is 2.36. The fourth-order valence-corrected chi connectivity index (χ4v) is 6.01. The smallest absolute Gasteiger partial charge is 0.271 e. The minimum Gasteiger partial charge on any atom is -0.467 e. The molecule has 4 atom stereocenters. The average molecular weight is 440 g/mol. The minimum atomic E-state index is -1.01. The number of fused-ring (bicyclic) bond motifs is 3. The van der Waals surface area contributed by atoms with Crippen molar-refractivity contribution in [1.29, 1.82) is 0 Å². The Morgan fingerprint density at radius 1 is 1.32 bits per heavy atom. The summed E-state index contributed by atoms with van der Waals surface area (Å²) in [5.74, 6) is 1.47. The van der Waals surface area contributed by atoms with Crippen LogP contribution < -0.4 is 5.32 Å². The van der Waals surface area contributed by atoms with Crippen molar-refractivity contribution in [3.63, 3.8) is 0 Å². The van der Waals surface area contributed by atoms with E-state index in [9.17, 15) is 9.59 Å². The maximum absolute atomic E-state index is 13.8. The van der Waals surface area contributed by atoms with Crippen LogP contribution in [0.4, 0.5) is 0 Å². The lowest BCUT2D eigenvalue weighted by Gasteiger charge is -2.45. The lowest BCUT2D eigenvalue weighted by Crippen LogP contribution is -2.65. The van der Waals surface area contributed by atoms with Gasteiger partial charge in [-0.1, -0.05) is 26.7 Å². The summed E-state index contributed by atoms with van der Waals surface area (Å²) in [6.45, 7) is 7.07. The molecule has 1 aliphatic carbocycles. The molecule has 5 rings (SSSR count). The van der Waals surface area contributed by atoms with E-state index in [2.05, 4.69) is 19.2 Å². The number of aromatic nitrogens is 1.